The van der Waals surface area contributed by atoms with Gasteiger partial charge in [0.05, 0.1) is 0 Å². The first-order valence-electron chi connectivity index (χ1n) is 1.94. The van der Waals surface area contributed by atoms with Crippen molar-refractivity contribution in [2.75, 3.05) is 0 Å². The molecule has 1 unspecified atom stereocenters. The van der Waals surface area contributed by atoms with E-state index in [-0.39, 0.29) is 11.3 Å². The predicted octanol–water partition coefficient (Wildman–Crippen LogP) is -0.170. The molecule has 0 spiro atoms. The van der Waals surface area contributed by atoms with E-state index in [9.17, 15) is 4.79 Å². The zero-order valence-electron chi connectivity index (χ0n) is 4.06. The highest BCUT2D eigenvalue weighted by Gasteiger charge is 1.95. The first-order chi connectivity index (χ1) is 2.64. The SMILES string of the molecule is B[C@H](C)C(=O)P. The van der Waals surface area contributed by atoms with Crippen LogP contribution in [0.15, 0.2) is 0 Å². The molecule has 0 fully saturated rings. The van der Waals surface area contributed by atoms with Crippen LogP contribution < -0.4 is 0 Å². The second kappa shape index (κ2) is 2.36. The highest BCUT2D eigenvalue weighted by atomic mass is 31.0. The van der Waals surface area contributed by atoms with Gasteiger partial charge in [-0.2, -0.15) is 0 Å². The van der Waals surface area contributed by atoms with Crippen LogP contribution in [-0.4, -0.2) is 13.4 Å². The molecule has 0 aromatic rings. The van der Waals surface area contributed by atoms with E-state index >= 15 is 0 Å². The van der Waals surface area contributed by atoms with E-state index in [1.807, 2.05) is 14.8 Å². The standard InChI is InChI=1S/C3H8BOP/c1-2(4)3(5)6/h2H,4,6H2,1H3/t2-/m1/s1. The van der Waals surface area contributed by atoms with Gasteiger partial charge in [0.15, 0.2) is 0 Å². The maximum atomic E-state index is 10.1. The molecule has 0 heterocycles. The van der Waals surface area contributed by atoms with Gasteiger partial charge in [0, 0.05) is 0 Å². The molecule has 6 heavy (non-hydrogen) atoms. The van der Waals surface area contributed by atoms with Gasteiger partial charge in [-0.3, -0.25) is 4.79 Å². The minimum absolute atomic E-state index is 0.176. The number of hydrogen-bond donors (Lipinski definition) is 0. The van der Waals surface area contributed by atoms with Crippen molar-refractivity contribution in [2.45, 2.75) is 12.7 Å². The highest BCUT2D eigenvalue weighted by molar-refractivity contribution is 7.40. The Balaban J connectivity index is 3.26. The zero-order chi connectivity index (χ0) is 5.15. The smallest absolute Gasteiger partial charge is 0.143 e. The van der Waals surface area contributed by atoms with Crippen molar-refractivity contribution >= 4 is 22.6 Å². The molecule has 34 valence electrons. The summed E-state index contributed by atoms with van der Waals surface area (Å²) in [7, 11) is 4.00. The fourth-order valence-electron chi connectivity index (χ4n) is 0. The summed E-state index contributed by atoms with van der Waals surface area (Å²) in [5.74, 6) is 0.176. The Hall–Kier alpha value is 0.165. The maximum Gasteiger partial charge on any atom is 0.143 e. The summed E-state index contributed by atoms with van der Waals surface area (Å²) in [4.78, 5) is 10.1. The Kier molecular flexibility index (Phi) is 2.42. The summed E-state index contributed by atoms with van der Waals surface area (Å²) in [5.41, 5.74) is 0.176. The van der Waals surface area contributed by atoms with Gasteiger partial charge >= 0.3 is 0 Å². The lowest BCUT2D eigenvalue weighted by atomic mass is 9.91. The Morgan fingerprint density at radius 2 is 2.17 bits per heavy atom. The lowest BCUT2D eigenvalue weighted by molar-refractivity contribution is -0.110. The molecule has 0 bridgehead atoms. The van der Waals surface area contributed by atoms with E-state index in [1.54, 1.807) is 0 Å². The van der Waals surface area contributed by atoms with Gasteiger partial charge in [-0.05, 0) is 5.82 Å². The number of carbonyl (C=O) groups excluding carboxylic acids is 1. The van der Waals surface area contributed by atoms with Crippen LogP contribution in [0.4, 0.5) is 0 Å². The molecule has 0 N–H and O–H groups in total. The van der Waals surface area contributed by atoms with Gasteiger partial charge in [-0.15, -0.1) is 0 Å². The minimum Gasteiger partial charge on any atom is -0.296 e. The lowest BCUT2D eigenvalue weighted by Gasteiger charge is -1.90. The molecule has 2 atom stereocenters. The van der Waals surface area contributed by atoms with Crippen LogP contribution >= 0.6 is 9.24 Å². The van der Waals surface area contributed by atoms with Crippen LogP contribution in [0.3, 0.4) is 0 Å². The highest BCUT2D eigenvalue weighted by Crippen LogP contribution is 2.01. The van der Waals surface area contributed by atoms with E-state index in [1.165, 1.54) is 0 Å². The van der Waals surface area contributed by atoms with Gasteiger partial charge in [0.25, 0.3) is 0 Å². The van der Waals surface area contributed by atoms with Crippen molar-refractivity contribution in [3.05, 3.63) is 0 Å². The number of hydrogen-bond acceptors (Lipinski definition) is 1. The molecule has 0 aliphatic carbocycles. The second-order valence-corrected chi connectivity index (χ2v) is 2.13. The molecule has 0 amide bonds. The molecule has 0 aromatic carbocycles. The van der Waals surface area contributed by atoms with Gasteiger partial charge in [-0.25, -0.2) is 0 Å². The molecule has 0 aliphatic heterocycles. The quantitative estimate of drug-likeness (QED) is 0.331. The normalized spacial score (nSPS) is 13.7. The van der Waals surface area contributed by atoms with Crippen LogP contribution in [0.1, 0.15) is 6.92 Å². The first kappa shape index (κ1) is 6.16. The summed E-state index contributed by atoms with van der Waals surface area (Å²) in [5, 5.41) is 0. The van der Waals surface area contributed by atoms with Crippen molar-refractivity contribution in [1.29, 1.82) is 0 Å². The van der Waals surface area contributed by atoms with Crippen LogP contribution in [0.2, 0.25) is 5.82 Å². The van der Waals surface area contributed by atoms with Gasteiger partial charge < -0.3 is 0 Å². The van der Waals surface area contributed by atoms with Crippen molar-refractivity contribution < 1.29 is 4.79 Å². The molecule has 3 heteroatoms. The van der Waals surface area contributed by atoms with Crippen molar-refractivity contribution in [1.82, 2.24) is 0 Å². The first-order valence-corrected chi connectivity index (χ1v) is 2.51. The molecule has 0 saturated carbocycles. The average Bonchev–Trinajstić information content (AvgIpc) is 1.36. The molecular weight excluding hydrogens is 93.8 g/mol. The van der Waals surface area contributed by atoms with Crippen LogP contribution in [-0.2, 0) is 4.79 Å². The molecule has 0 saturated heterocycles. The summed E-state index contributed by atoms with van der Waals surface area (Å²) < 4.78 is 0. The average molecular weight is 102 g/mol. The third kappa shape index (κ3) is 2.41. The summed E-state index contributed by atoms with van der Waals surface area (Å²) in [6.45, 7) is 1.87. The third-order valence-electron chi connectivity index (χ3n) is 0.569. The monoisotopic (exact) mass is 102 g/mol. The van der Waals surface area contributed by atoms with Crippen molar-refractivity contribution in [3.63, 3.8) is 0 Å². The molecule has 0 aromatic heterocycles. The fourth-order valence-corrected chi connectivity index (χ4v) is 0. The lowest BCUT2D eigenvalue weighted by Crippen LogP contribution is -1.92. The Labute approximate surface area is 41.1 Å². The molecular formula is C3H8BOP. The van der Waals surface area contributed by atoms with Crippen LogP contribution in [0.5, 0.6) is 0 Å². The minimum atomic E-state index is 0.176. The van der Waals surface area contributed by atoms with E-state index < -0.39 is 0 Å². The fraction of sp³-hybridized carbons (Fsp3) is 0.667. The van der Waals surface area contributed by atoms with Gasteiger partial charge in [0.2, 0.25) is 0 Å². The summed E-state index contributed by atoms with van der Waals surface area (Å²) in [6, 6.07) is 0. The van der Waals surface area contributed by atoms with E-state index in [0.29, 0.717) is 0 Å². The van der Waals surface area contributed by atoms with E-state index in [4.69, 9.17) is 0 Å². The molecule has 0 aliphatic rings. The molecule has 0 radical (unpaired) electrons. The van der Waals surface area contributed by atoms with Crippen molar-refractivity contribution in [3.8, 4) is 0 Å². The largest absolute Gasteiger partial charge is 0.296 e. The second-order valence-electron chi connectivity index (χ2n) is 1.56. The maximum absolute atomic E-state index is 10.1. The third-order valence-corrected chi connectivity index (χ3v) is 1.24. The molecule has 0 rings (SSSR count). The Morgan fingerprint density at radius 1 is 2.00 bits per heavy atom. The van der Waals surface area contributed by atoms with Crippen LogP contribution in [0.25, 0.3) is 0 Å². The van der Waals surface area contributed by atoms with Crippen molar-refractivity contribution in [2.24, 2.45) is 0 Å². The molecule has 1 nitrogen and oxygen atoms in total. The summed E-state index contributed by atoms with van der Waals surface area (Å²) >= 11 is 0. The van der Waals surface area contributed by atoms with E-state index in [2.05, 4.69) is 9.24 Å². The zero-order valence-corrected chi connectivity index (χ0v) is 5.22. The van der Waals surface area contributed by atoms with Crippen LogP contribution in [0, 0.1) is 0 Å². The predicted molar refractivity (Wildman–Crippen MR) is 32.7 cm³/mol. The Bertz CT molecular complexity index is 61.8. The number of carbonyl (C=O) groups is 1. The van der Waals surface area contributed by atoms with Gasteiger partial charge in [0.1, 0.15) is 13.4 Å². The number of rotatable bonds is 1. The Morgan fingerprint density at radius 3 is 2.17 bits per heavy atom. The topological polar surface area (TPSA) is 17.1 Å². The van der Waals surface area contributed by atoms with Gasteiger partial charge in [-0.1, -0.05) is 16.2 Å². The van der Waals surface area contributed by atoms with E-state index in [0.717, 1.165) is 0 Å². The summed E-state index contributed by atoms with van der Waals surface area (Å²) in [6.07, 6.45) is 0.